The predicted molar refractivity (Wildman–Crippen MR) is 77.3 cm³/mol. The third kappa shape index (κ3) is 3.66. The van der Waals surface area contributed by atoms with Crippen LogP contribution >= 0.6 is 11.8 Å². The van der Waals surface area contributed by atoms with E-state index in [9.17, 15) is 14.7 Å². The average molecular weight is 294 g/mol. The van der Waals surface area contributed by atoms with E-state index in [1.165, 1.54) is 11.8 Å². The average Bonchev–Trinajstić information content (AvgIpc) is 2.46. The summed E-state index contributed by atoms with van der Waals surface area (Å²) >= 11 is 1.30. The number of piperidine rings is 1. The Kier molecular flexibility index (Phi) is 4.89. The van der Waals surface area contributed by atoms with Gasteiger partial charge in [0.25, 0.3) is 0 Å². The number of para-hydroxylation sites is 1. The van der Waals surface area contributed by atoms with Gasteiger partial charge in [-0.2, -0.15) is 0 Å². The molecular formula is C14H18N2O3S. The van der Waals surface area contributed by atoms with Gasteiger partial charge < -0.3 is 15.7 Å². The van der Waals surface area contributed by atoms with E-state index >= 15 is 0 Å². The first-order chi connectivity index (χ1) is 9.58. The Hall–Kier alpha value is -1.69. The maximum atomic E-state index is 12.1. The van der Waals surface area contributed by atoms with Crippen LogP contribution in [-0.2, 0) is 9.59 Å². The van der Waals surface area contributed by atoms with E-state index in [0.29, 0.717) is 18.0 Å². The summed E-state index contributed by atoms with van der Waals surface area (Å²) in [5.74, 6) is -0.162. The van der Waals surface area contributed by atoms with Crippen molar-refractivity contribution in [2.24, 2.45) is 11.7 Å². The number of benzene rings is 1. The minimum atomic E-state index is -0.337. The Bertz CT molecular complexity index is 507. The van der Waals surface area contributed by atoms with Crippen LogP contribution in [0.5, 0.6) is 5.75 Å². The normalized spacial score (nSPS) is 18.8. The van der Waals surface area contributed by atoms with E-state index in [2.05, 4.69) is 0 Å². The second-order valence-electron chi connectivity index (χ2n) is 4.84. The van der Waals surface area contributed by atoms with Crippen LogP contribution in [0.1, 0.15) is 12.8 Å². The summed E-state index contributed by atoms with van der Waals surface area (Å²) in [5.41, 5.74) is 5.30. The molecule has 0 spiro atoms. The Labute approximate surface area is 122 Å². The smallest absolute Gasteiger partial charge is 0.232 e. The summed E-state index contributed by atoms with van der Waals surface area (Å²) in [5, 5.41) is 9.64. The van der Waals surface area contributed by atoms with E-state index in [0.717, 1.165) is 12.8 Å². The van der Waals surface area contributed by atoms with Crippen LogP contribution in [-0.4, -0.2) is 40.7 Å². The molecule has 6 heteroatoms. The van der Waals surface area contributed by atoms with Crippen molar-refractivity contribution in [1.29, 1.82) is 0 Å². The number of amides is 2. The number of phenolic OH excluding ortho intramolecular Hbond substituents is 1. The topological polar surface area (TPSA) is 83.6 Å². The first kappa shape index (κ1) is 14.7. The number of carbonyl (C=O) groups excluding carboxylic acids is 2. The molecule has 1 fully saturated rings. The molecule has 1 heterocycles. The number of carbonyl (C=O) groups is 2. The number of likely N-dealkylation sites (tertiary alicyclic amines) is 1. The first-order valence-corrected chi connectivity index (χ1v) is 7.54. The number of nitrogens with two attached hydrogens (primary N) is 1. The molecule has 0 aliphatic carbocycles. The molecule has 1 aliphatic rings. The van der Waals surface area contributed by atoms with Crippen LogP contribution < -0.4 is 5.73 Å². The quantitative estimate of drug-likeness (QED) is 0.818. The fourth-order valence-electron chi connectivity index (χ4n) is 2.25. The summed E-state index contributed by atoms with van der Waals surface area (Å²) in [4.78, 5) is 25.7. The highest BCUT2D eigenvalue weighted by atomic mass is 32.2. The minimum absolute atomic E-state index is 0.0239. The van der Waals surface area contributed by atoms with Gasteiger partial charge in [0.15, 0.2) is 0 Å². The summed E-state index contributed by atoms with van der Waals surface area (Å²) in [6, 6.07) is 6.92. The number of thioether (sulfide) groups is 1. The number of rotatable bonds is 4. The fourth-order valence-corrected chi connectivity index (χ4v) is 3.10. The molecule has 0 aromatic heterocycles. The molecular weight excluding hydrogens is 276 g/mol. The van der Waals surface area contributed by atoms with Crippen molar-refractivity contribution in [3.8, 4) is 5.75 Å². The van der Waals surface area contributed by atoms with Crippen LogP contribution in [0.4, 0.5) is 0 Å². The van der Waals surface area contributed by atoms with Gasteiger partial charge in [-0.25, -0.2) is 0 Å². The van der Waals surface area contributed by atoms with Gasteiger partial charge in [-0.1, -0.05) is 12.1 Å². The lowest BCUT2D eigenvalue weighted by molar-refractivity contribution is -0.132. The zero-order chi connectivity index (χ0) is 14.5. The predicted octanol–water partition coefficient (Wildman–Crippen LogP) is 1.21. The van der Waals surface area contributed by atoms with Gasteiger partial charge in [0, 0.05) is 18.0 Å². The maximum absolute atomic E-state index is 12.1. The van der Waals surface area contributed by atoms with Crippen molar-refractivity contribution in [1.82, 2.24) is 4.90 Å². The highest BCUT2D eigenvalue weighted by Crippen LogP contribution is 2.28. The van der Waals surface area contributed by atoms with Crippen LogP contribution in [0.25, 0.3) is 0 Å². The number of hydrogen-bond donors (Lipinski definition) is 2. The molecule has 1 aromatic carbocycles. The Morgan fingerprint density at radius 1 is 1.40 bits per heavy atom. The number of nitrogens with zero attached hydrogens (tertiary/aromatic N) is 1. The Balaban J connectivity index is 1.89. The zero-order valence-corrected chi connectivity index (χ0v) is 11.9. The lowest BCUT2D eigenvalue weighted by Gasteiger charge is -2.31. The standard InChI is InChI=1S/C14H18N2O3S/c15-14(19)10-4-3-7-16(8-10)13(18)9-20-12-6-2-1-5-11(12)17/h1-2,5-6,10,17H,3-4,7-9H2,(H2,15,19). The van der Waals surface area contributed by atoms with Gasteiger partial charge in [0.2, 0.25) is 11.8 Å². The molecule has 5 nitrogen and oxygen atoms in total. The molecule has 108 valence electrons. The van der Waals surface area contributed by atoms with Crippen molar-refractivity contribution in [3.05, 3.63) is 24.3 Å². The summed E-state index contributed by atoms with van der Waals surface area (Å²) < 4.78 is 0. The molecule has 0 saturated carbocycles. The Morgan fingerprint density at radius 3 is 2.85 bits per heavy atom. The van der Waals surface area contributed by atoms with Crippen LogP contribution in [0.15, 0.2) is 29.2 Å². The molecule has 20 heavy (non-hydrogen) atoms. The number of hydrogen-bond acceptors (Lipinski definition) is 4. The highest BCUT2D eigenvalue weighted by Gasteiger charge is 2.26. The largest absolute Gasteiger partial charge is 0.507 e. The first-order valence-electron chi connectivity index (χ1n) is 6.56. The van der Waals surface area contributed by atoms with E-state index in [4.69, 9.17) is 5.73 Å². The Morgan fingerprint density at radius 2 is 2.15 bits per heavy atom. The highest BCUT2D eigenvalue weighted by molar-refractivity contribution is 8.00. The van der Waals surface area contributed by atoms with Gasteiger partial charge >= 0.3 is 0 Å². The SMILES string of the molecule is NC(=O)C1CCCN(C(=O)CSc2ccccc2O)C1. The van der Waals surface area contributed by atoms with Gasteiger partial charge in [0.1, 0.15) is 5.75 Å². The summed E-state index contributed by atoms with van der Waals surface area (Å²) in [6.45, 7) is 1.08. The number of primary amides is 1. The molecule has 1 aliphatic heterocycles. The van der Waals surface area contributed by atoms with E-state index in [1.807, 2.05) is 6.07 Å². The van der Waals surface area contributed by atoms with E-state index in [1.54, 1.807) is 23.1 Å². The third-order valence-corrected chi connectivity index (χ3v) is 4.44. The minimum Gasteiger partial charge on any atom is -0.507 e. The van der Waals surface area contributed by atoms with Crippen molar-refractivity contribution >= 4 is 23.6 Å². The fraction of sp³-hybridized carbons (Fsp3) is 0.429. The summed E-state index contributed by atoms with van der Waals surface area (Å²) in [6.07, 6.45) is 1.56. The van der Waals surface area contributed by atoms with Gasteiger partial charge in [0.05, 0.1) is 11.7 Å². The lowest BCUT2D eigenvalue weighted by Crippen LogP contribution is -2.44. The van der Waals surface area contributed by atoms with Crippen LogP contribution in [0, 0.1) is 5.92 Å². The molecule has 1 saturated heterocycles. The number of aromatic hydroxyl groups is 1. The zero-order valence-electron chi connectivity index (χ0n) is 11.1. The monoisotopic (exact) mass is 294 g/mol. The van der Waals surface area contributed by atoms with Crippen LogP contribution in [0.3, 0.4) is 0 Å². The lowest BCUT2D eigenvalue weighted by atomic mass is 9.97. The van der Waals surface area contributed by atoms with Gasteiger partial charge in [-0.3, -0.25) is 9.59 Å². The van der Waals surface area contributed by atoms with Gasteiger partial charge in [-0.15, -0.1) is 11.8 Å². The second kappa shape index (κ2) is 6.65. The molecule has 3 N–H and O–H groups in total. The van der Waals surface area contributed by atoms with Gasteiger partial charge in [-0.05, 0) is 25.0 Å². The number of phenols is 1. The van der Waals surface area contributed by atoms with E-state index < -0.39 is 0 Å². The maximum Gasteiger partial charge on any atom is 0.232 e. The van der Waals surface area contributed by atoms with Crippen molar-refractivity contribution < 1.29 is 14.7 Å². The van der Waals surface area contributed by atoms with E-state index in [-0.39, 0.29) is 29.2 Å². The molecule has 0 radical (unpaired) electrons. The van der Waals surface area contributed by atoms with Crippen molar-refractivity contribution in [2.45, 2.75) is 17.7 Å². The molecule has 2 amide bonds. The second-order valence-corrected chi connectivity index (χ2v) is 5.85. The molecule has 1 unspecified atom stereocenters. The molecule has 1 aromatic rings. The molecule has 1 atom stereocenters. The molecule has 2 rings (SSSR count). The van der Waals surface area contributed by atoms with Crippen molar-refractivity contribution in [2.75, 3.05) is 18.8 Å². The summed E-state index contributed by atoms with van der Waals surface area (Å²) in [7, 11) is 0. The van der Waals surface area contributed by atoms with Crippen LogP contribution in [0.2, 0.25) is 0 Å². The third-order valence-electron chi connectivity index (χ3n) is 3.39. The molecule has 0 bridgehead atoms. The van der Waals surface area contributed by atoms with Crippen molar-refractivity contribution in [3.63, 3.8) is 0 Å².